The SMILES string of the molecule is O=C(c1c[nH]c(=O)[nH]c1=O)N1CCCC(Oc2nccc(C(F)(F)F)n2)C1. The molecule has 2 aromatic heterocycles. The van der Waals surface area contributed by atoms with E-state index in [4.69, 9.17) is 4.74 Å². The van der Waals surface area contributed by atoms with Crippen LogP contribution in [0.1, 0.15) is 28.9 Å². The first-order valence-electron chi connectivity index (χ1n) is 7.92. The van der Waals surface area contributed by atoms with Crippen LogP contribution in [-0.4, -0.2) is 49.9 Å². The zero-order chi connectivity index (χ0) is 19.6. The van der Waals surface area contributed by atoms with Crippen LogP contribution in [0.15, 0.2) is 28.0 Å². The van der Waals surface area contributed by atoms with Gasteiger partial charge >= 0.3 is 17.9 Å². The van der Waals surface area contributed by atoms with Crippen molar-refractivity contribution in [2.75, 3.05) is 13.1 Å². The van der Waals surface area contributed by atoms with Gasteiger partial charge in [0.1, 0.15) is 11.7 Å². The normalized spacial score (nSPS) is 17.6. The summed E-state index contributed by atoms with van der Waals surface area (Å²) in [5.74, 6) is -0.620. The maximum atomic E-state index is 12.7. The second-order valence-electron chi connectivity index (χ2n) is 5.84. The molecule has 0 saturated carbocycles. The van der Waals surface area contributed by atoms with Gasteiger partial charge in [0.05, 0.1) is 6.54 Å². The molecule has 1 fully saturated rings. The van der Waals surface area contributed by atoms with Crippen LogP contribution in [-0.2, 0) is 6.18 Å². The second-order valence-corrected chi connectivity index (χ2v) is 5.84. The number of carbonyl (C=O) groups is 1. The predicted molar refractivity (Wildman–Crippen MR) is 84.3 cm³/mol. The van der Waals surface area contributed by atoms with Crippen molar-refractivity contribution in [1.82, 2.24) is 24.8 Å². The Morgan fingerprint density at radius 1 is 1.33 bits per heavy atom. The first kappa shape index (κ1) is 18.6. The summed E-state index contributed by atoms with van der Waals surface area (Å²) in [5.41, 5.74) is -2.94. The van der Waals surface area contributed by atoms with E-state index in [1.807, 2.05) is 4.98 Å². The van der Waals surface area contributed by atoms with Crippen molar-refractivity contribution in [3.8, 4) is 6.01 Å². The molecule has 144 valence electrons. The highest BCUT2D eigenvalue weighted by atomic mass is 19.4. The Labute approximate surface area is 149 Å². The molecule has 27 heavy (non-hydrogen) atoms. The largest absolute Gasteiger partial charge is 0.458 e. The first-order valence-corrected chi connectivity index (χ1v) is 7.92. The van der Waals surface area contributed by atoms with Gasteiger partial charge in [-0.2, -0.15) is 18.2 Å². The Kier molecular flexibility index (Phi) is 4.97. The smallest absolute Gasteiger partial charge is 0.433 e. The third-order valence-corrected chi connectivity index (χ3v) is 3.91. The average Bonchev–Trinajstić information content (AvgIpc) is 2.61. The van der Waals surface area contributed by atoms with Crippen LogP contribution >= 0.6 is 0 Å². The van der Waals surface area contributed by atoms with Gasteiger partial charge < -0.3 is 14.6 Å². The topological polar surface area (TPSA) is 121 Å². The van der Waals surface area contributed by atoms with Crippen molar-refractivity contribution in [3.05, 3.63) is 50.6 Å². The van der Waals surface area contributed by atoms with Gasteiger partial charge in [0.2, 0.25) is 0 Å². The number of amides is 1. The van der Waals surface area contributed by atoms with Gasteiger partial charge in [-0.25, -0.2) is 9.78 Å². The molecule has 1 unspecified atom stereocenters. The molecular formula is C15H14F3N5O4. The fraction of sp³-hybridized carbons (Fsp3) is 0.400. The zero-order valence-electron chi connectivity index (χ0n) is 13.7. The lowest BCUT2D eigenvalue weighted by atomic mass is 10.1. The maximum absolute atomic E-state index is 12.7. The molecule has 1 saturated heterocycles. The molecule has 0 aliphatic carbocycles. The minimum Gasteiger partial charge on any atom is -0.458 e. The Morgan fingerprint density at radius 3 is 2.81 bits per heavy atom. The van der Waals surface area contributed by atoms with Crippen molar-refractivity contribution < 1.29 is 22.7 Å². The number of H-pyrrole nitrogens is 2. The zero-order valence-corrected chi connectivity index (χ0v) is 13.7. The van der Waals surface area contributed by atoms with Crippen LogP contribution in [0.4, 0.5) is 13.2 Å². The first-order chi connectivity index (χ1) is 12.7. The number of halogens is 3. The average molecular weight is 385 g/mol. The summed E-state index contributed by atoms with van der Waals surface area (Å²) in [7, 11) is 0. The van der Waals surface area contributed by atoms with Crippen LogP contribution in [0.5, 0.6) is 6.01 Å². The number of ether oxygens (including phenoxy) is 1. The van der Waals surface area contributed by atoms with Gasteiger partial charge in [-0.15, -0.1) is 0 Å². The highest BCUT2D eigenvalue weighted by Gasteiger charge is 2.34. The number of carbonyl (C=O) groups excluding carboxylic acids is 1. The number of aromatic nitrogens is 4. The molecule has 12 heteroatoms. The number of piperidine rings is 1. The molecule has 1 atom stereocenters. The highest BCUT2D eigenvalue weighted by molar-refractivity contribution is 5.93. The van der Waals surface area contributed by atoms with Crippen LogP contribution in [0, 0.1) is 0 Å². The van der Waals surface area contributed by atoms with Gasteiger partial charge in [0, 0.05) is 18.9 Å². The number of nitrogens with zero attached hydrogens (tertiary/aromatic N) is 3. The Hall–Kier alpha value is -3.18. The number of hydrogen-bond donors (Lipinski definition) is 2. The number of nitrogens with one attached hydrogen (secondary N) is 2. The molecule has 0 aromatic carbocycles. The summed E-state index contributed by atoms with van der Waals surface area (Å²) in [6.07, 6.45) is -2.31. The molecule has 1 aliphatic heterocycles. The van der Waals surface area contributed by atoms with Gasteiger partial charge in [-0.3, -0.25) is 14.6 Å². The highest BCUT2D eigenvalue weighted by Crippen LogP contribution is 2.28. The third-order valence-electron chi connectivity index (χ3n) is 3.91. The summed E-state index contributed by atoms with van der Waals surface area (Å²) in [4.78, 5) is 47.8. The van der Waals surface area contributed by atoms with Gasteiger partial charge in [0.25, 0.3) is 11.5 Å². The minimum absolute atomic E-state index is 0.0387. The molecule has 1 aliphatic rings. The van der Waals surface area contributed by atoms with Gasteiger partial charge in [0.15, 0.2) is 5.69 Å². The van der Waals surface area contributed by atoms with Gasteiger partial charge in [-0.1, -0.05) is 0 Å². The van der Waals surface area contributed by atoms with Crippen molar-refractivity contribution >= 4 is 5.91 Å². The summed E-state index contributed by atoms with van der Waals surface area (Å²) in [6.45, 7) is 0.373. The van der Waals surface area contributed by atoms with E-state index >= 15 is 0 Å². The summed E-state index contributed by atoms with van der Waals surface area (Å²) >= 11 is 0. The lowest BCUT2D eigenvalue weighted by molar-refractivity contribution is -0.141. The molecule has 9 nitrogen and oxygen atoms in total. The number of likely N-dealkylation sites (tertiary alicyclic amines) is 1. The van der Waals surface area contributed by atoms with Gasteiger partial charge in [-0.05, 0) is 18.9 Å². The molecule has 3 rings (SSSR count). The third kappa shape index (κ3) is 4.33. The van der Waals surface area contributed by atoms with E-state index in [2.05, 4.69) is 15.0 Å². The Morgan fingerprint density at radius 2 is 2.11 bits per heavy atom. The van der Waals surface area contributed by atoms with Crippen LogP contribution in [0.3, 0.4) is 0 Å². The molecule has 0 bridgehead atoms. The fourth-order valence-corrected chi connectivity index (χ4v) is 2.66. The molecule has 0 radical (unpaired) electrons. The van der Waals surface area contributed by atoms with E-state index in [1.165, 1.54) is 4.90 Å². The van der Waals surface area contributed by atoms with E-state index in [0.29, 0.717) is 19.4 Å². The van der Waals surface area contributed by atoms with Crippen molar-refractivity contribution in [1.29, 1.82) is 0 Å². The predicted octanol–water partition coefficient (Wildman–Crippen LogP) is 0.556. The number of hydrogen-bond acceptors (Lipinski definition) is 6. The standard InChI is InChI=1S/C15H14F3N5O4/c16-15(17,18)10-3-4-19-14(21-10)27-8-2-1-5-23(7-8)12(25)9-6-20-13(26)22-11(9)24/h3-4,6,8H,1-2,5,7H2,(H2,20,22,24,26). The van der Waals surface area contributed by atoms with E-state index in [-0.39, 0.29) is 12.1 Å². The van der Waals surface area contributed by atoms with Crippen molar-refractivity contribution in [2.24, 2.45) is 0 Å². The molecule has 1 amide bonds. The summed E-state index contributed by atoms with van der Waals surface area (Å²) < 4.78 is 43.5. The van der Waals surface area contributed by atoms with Crippen molar-refractivity contribution in [3.63, 3.8) is 0 Å². The minimum atomic E-state index is -4.62. The fourth-order valence-electron chi connectivity index (χ4n) is 2.66. The van der Waals surface area contributed by atoms with Crippen LogP contribution in [0.2, 0.25) is 0 Å². The molecular weight excluding hydrogens is 371 g/mol. The molecule has 2 N–H and O–H groups in total. The number of alkyl halides is 3. The number of rotatable bonds is 3. The van der Waals surface area contributed by atoms with Crippen LogP contribution < -0.4 is 16.0 Å². The second kappa shape index (κ2) is 7.21. The lowest BCUT2D eigenvalue weighted by Crippen LogP contribution is -2.46. The molecule has 0 spiro atoms. The van der Waals surface area contributed by atoms with Crippen molar-refractivity contribution in [2.45, 2.75) is 25.1 Å². The van der Waals surface area contributed by atoms with E-state index < -0.39 is 41.1 Å². The Bertz CT molecular complexity index is 955. The quantitative estimate of drug-likeness (QED) is 0.796. The van der Waals surface area contributed by atoms with E-state index in [9.17, 15) is 27.6 Å². The lowest BCUT2D eigenvalue weighted by Gasteiger charge is -2.32. The molecule has 3 heterocycles. The van der Waals surface area contributed by atoms with Crippen LogP contribution in [0.25, 0.3) is 0 Å². The molecule has 2 aromatic rings. The number of aromatic amines is 2. The monoisotopic (exact) mass is 385 g/mol. The Balaban J connectivity index is 1.72. The van der Waals surface area contributed by atoms with E-state index in [1.54, 1.807) is 0 Å². The maximum Gasteiger partial charge on any atom is 0.433 e. The summed E-state index contributed by atoms with van der Waals surface area (Å²) in [5, 5.41) is 0. The summed E-state index contributed by atoms with van der Waals surface area (Å²) in [6, 6.07) is 0.289. The van der Waals surface area contributed by atoms with E-state index in [0.717, 1.165) is 18.5 Å².